The molecule has 0 aromatic heterocycles. The van der Waals surface area contributed by atoms with Crippen LogP contribution in [0.1, 0.15) is 25.3 Å². The maximum absolute atomic E-state index is 11.6. The number of hydrogen-bond acceptors (Lipinski definition) is 2. The van der Waals surface area contributed by atoms with E-state index in [1.165, 1.54) is 0 Å². The molecule has 1 rings (SSSR count). The van der Waals surface area contributed by atoms with E-state index in [1.807, 2.05) is 31.2 Å². The Hall–Kier alpha value is -0.620. The lowest BCUT2D eigenvalue weighted by atomic mass is 10.1. The molecule has 4 heteroatoms. The van der Waals surface area contributed by atoms with Gasteiger partial charge in [0.25, 0.3) is 0 Å². The Morgan fingerprint density at radius 2 is 2.29 bits per heavy atom. The molecule has 3 nitrogen and oxygen atoms in total. The fourth-order valence-electron chi connectivity index (χ4n) is 1.56. The normalized spacial score (nSPS) is 12.2. The van der Waals surface area contributed by atoms with Crippen LogP contribution in [0.4, 0.5) is 0 Å². The van der Waals surface area contributed by atoms with E-state index < -0.39 is 6.10 Å². The quantitative estimate of drug-likeness (QED) is 0.775. The van der Waals surface area contributed by atoms with Crippen LogP contribution in [0.5, 0.6) is 0 Å². The zero-order chi connectivity index (χ0) is 12.7. The van der Waals surface area contributed by atoms with Crippen LogP contribution in [-0.4, -0.2) is 23.7 Å². The third-order valence-electron chi connectivity index (χ3n) is 2.41. The predicted molar refractivity (Wildman–Crippen MR) is 76.8 cm³/mol. The minimum atomic E-state index is -0.431. The molecule has 0 aliphatic rings. The van der Waals surface area contributed by atoms with Crippen LogP contribution in [0, 0.1) is 3.57 Å². The number of hydrogen-bond donors (Lipinski definition) is 2. The molecule has 1 aromatic rings. The van der Waals surface area contributed by atoms with Crippen LogP contribution in [0.3, 0.4) is 0 Å². The van der Waals surface area contributed by atoms with Crippen molar-refractivity contribution >= 4 is 28.5 Å². The van der Waals surface area contributed by atoms with Gasteiger partial charge in [-0.15, -0.1) is 0 Å². The van der Waals surface area contributed by atoms with Gasteiger partial charge in [0.05, 0.1) is 12.5 Å². The zero-order valence-electron chi connectivity index (χ0n) is 9.95. The first-order chi connectivity index (χ1) is 8.11. The number of halogens is 1. The van der Waals surface area contributed by atoms with Crippen molar-refractivity contribution in [2.24, 2.45) is 0 Å². The van der Waals surface area contributed by atoms with Crippen LogP contribution in [0.2, 0.25) is 0 Å². The van der Waals surface area contributed by atoms with Crippen LogP contribution < -0.4 is 5.32 Å². The molecule has 0 saturated heterocycles. The minimum absolute atomic E-state index is 0.0397. The fourth-order valence-corrected chi connectivity index (χ4v) is 2.17. The van der Waals surface area contributed by atoms with Gasteiger partial charge in [-0.1, -0.05) is 25.5 Å². The van der Waals surface area contributed by atoms with Crippen molar-refractivity contribution in [3.63, 3.8) is 0 Å². The highest BCUT2D eigenvalue weighted by Crippen LogP contribution is 2.08. The van der Waals surface area contributed by atoms with E-state index in [0.717, 1.165) is 22.0 Å². The van der Waals surface area contributed by atoms with E-state index >= 15 is 0 Å². The third kappa shape index (κ3) is 6.02. The lowest BCUT2D eigenvalue weighted by Gasteiger charge is -2.10. The van der Waals surface area contributed by atoms with E-state index in [4.69, 9.17) is 0 Å². The third-order valence-corrected chi connectivity index (χ3v) is 3.08. The molecule has 0 bridgehead atoms. The number of amides is 1. The molecule has 0 aliphatic carbocycles. The molecule has 2 N–H and O–H groups in total. The van der Waals surface area contributed by atoms with E-state index in [-0.39, 0.29) is 5.91 Å². The molecule has 17 heavy (non-hydrogen) atoms. The molecule has 0 radical (unpaired) electrons. The van der Waals surface area contributed by atoms with Crippen molar-refractivity contribution in [1.82, 2.24) is 5.32 Å². The molecule has 0 fully saturated rings. The second kappa shape index (κ2) is 7.66. The van der Waals surface area contributed by atoms with Gasteiger partial charge in [0.1, 0.15) is 0 Å². The Kier molecular flexibility index (Phi) is 6.50. The second-order valence-corrected chi connectivity index (χ2v) is 5.30. The largest absolute Gasteiger partial charge is 0.391 e. The highest BCUT2D eigenvalue weighted by Gasteiger charge is 2.07. The van der Waals surface area contributed by atoms with Crippen molar-refractivity contribution in [1.29, 1.82) is 0 Å². The summed E-state index contributed by atoms with van der Waals surface area (Å²) in [6.45, 7) is 2.35. The van der Waals surface area contributed by atoms with Crippen molar-refractivity contribution in [2.45, 2.75) is 32.3 Å². The summed E-state index contributed by atoms with van der Waals surface area (Å²) < 4.78 is 1.12. The summed E-state index contributed by atoms with van der Waals surface area (Å²) in [6.07, 6.45) is 1.59. The number of benzene rings is 1. The molecule has 0 spiro atoms. The summed E-state index contributed by atoms with van der Waals surface area (Å²) in [5.41, 5.74) is 0.999. The highest BCUT2D eigenvalue weighted by molar-refractivity contribution is 14.1. The van der Waals surface area contributed by atoms with Gasteiger partial charge in [-0.05, 0) is 46.7 Å². The second-order valence-electron chi connectivity index (χ2n) is 4.05. The fraction of sp³-hybridized carbons (Fsp3) is 0.462. The summed E-state index contributed by atoms with van der Waals surface area (Å²) in [4.78, 5) is 11.6. The lowest BCUT2D eigenvalue weighted by molar-refractivity contribution is -0.120. The number of nitrogens with one attached hydrogen (secondary N) is 1. The van der Waals surface area contributed by atoms with Gasteiger partial charge in [-0.3, -0.25) is 4.79 Å². The summed E-state index contributed by atoms with van der Waals surface area (Å²) in [6, 6.07) is 7.86. The maximum atomic E-state index is 11.6. The number of aliphatic hydroxyl groups excluding tert-OH is 1. The lowest BCUT2D eigenvalue weighted by Crippen LogP contribution is -2.33. The van der Waals surface area contributed by atoms with Gasteiger partial charge in [-0.25, -0.2) is 0 Å². The Morgan fingerprint density at radius 3 is 2.94 bits per heavy atom. The number of carbonyl (C=O) groups excluding carboxylic acids is 1. The number of carbonyl (C=O) groups is 1. The standard InChI is InChI=1S/C13H18INO2/c1-2-4-12(16)9-15-13(17)8-10-5-3-6-11(14)7-10/h3,5-7,12,16H,2,4,8-9H2,1H3,(H,15,17)/t12-/m1/s1. The summed E-state index contributed by atoms with van der Waals surface area (Å²) in [5.74, 6) is -0.0397. The van der Waals surface area contributed by atoms with Crippen molar-refractivity contribution in [2.75, 3.05) is 6.54 Å². The Bertz CT molecular complexity index is 368. The molecule has 1 amide bonds. The van der Waals surface area contributed by atoms with E-state index in [0.29, 0.717) is 13.0 Å². The molecular weight excluding hydrogens is 329 g/mol. The molecule has 0 saturated carbocycles. The van der Waals surface area contributed by atoms with Crippen molar-refractivity contribution in [3.05, 3.63) is 33.4 Å². The molecular formula is C13H18INO2. The highest BCUT2D eigenvalue weighted by atomic mass is 127. The van der Waals surface area contributed by atoms with Gasteiger partial charge in [-0.2, -0.15) is 0 Å². The smallest absolute Gasteiger partial charge is 0.224 e. The van der Waals surface area contributed by atoms with Crippen LogP contribution in [0.15, 0.2) is 24.3 Å². The summed E-state index contributed by atoms with van der Waals surface area (Å²) in [5, 5.41) is 12.2. The molecule has 0 heterocycles. The van der Waals surface area contributed by atoms with Gasteiger partial charge in [0.15, 0.2) is 0 Å². The number of aliphatic hydroxyl groups is 1. The molecule has 94 valence electrons. The van der Waals surface area contributed by atoms with Crippen LogP contribution in [0.25, 0.3) is 0 Å². The van der Waals surface area contributed by atoms with Crippen molar-refractivity contribution in [3.8, 4) is 0 Å². The van der Waals surface area contributed by atoms with E-state index in [1.54, 1.807) is 0 Å². The van der Waals surface area contributed by atoms with E-state index in [2.05, 4.69) is 27.9 Å². The molecule has 0 unspecified atom stereocenters. The number of rotatable bonds is 6. The topological polar surface area (TPSA) is 49.3 Å². The molecule has 1 aromatic carbocycles. The van der Waals surface area contributed by atoms with Crippen molar-refractivity contribution < 1.29 is 9.90 Å². The summed E-state index contributed by atoms with van der Waals surface area (Å²) in [7, 11) is 0. The Balaban J connectivity index is 2.34. The zero-order valence-corrected chi connectivity index (χ0v) is 12.1. The summed E-state index contributed by atoms with van der Waals surface area (Å²) >= 11 is 2.22. The molecule has 0 aliphatic heterocycles. The monoisotopic (exact) mass is 347 g/mol. The first-order valence-corrected chi connectivity index (χ1v) is 6.89. The average Bonchev–Trinajstić information content (AvgIpc) is 2.27. The molecule has 1 atom stereocenters. The van der Waals surface area contributed by atoms with E-state index in [9.17, 15) is 9.90 Å². The predicted octanol–water partition coefficient (Wildman–Crippen LogP) is 2.11. The first kappa shape index (κ1) is 14.4. The Morgan fingerprint density at radius 1 is 1.53 bits per heavy atom. The van der Waals surface area contributed by atoms with Gasteiger partial charge < -0.3 is 10.4 Å². The minimum Gasteiger partial charge on any atom is -0.391 e. The van der Waals surface area contributed by atoms with Crippen LogP contribution >= 0.6 is 22.6 Å². The maximum Gasteiger partial charge on any atom is 0.224 e. The average molecular weight is 347 g/mol. The van der Waals surface area contributed by atoms with Gasteiger partial charge in [0.2, 0.25) is 5.91 Å². The van der Waals surface area contributed by atoms with Gasteiger partial charge >= 0.3 is 0 Å². The van der Waals surface area contributed by atoms with Crippen LogP contribution in [-0.2, 0) is 11.2 Å². The van der Waals surface area contributed by atoms with Gasteiger partial charge in [0, 0.05) is 10.1 Å². The Labute approximate surface area is 116 Å². The SMILES string of the molecule is CCC[C@@H](O)CNC(=O)Cc1cccc(I)c1. The first-order valence-electron chi connectivity index (χ1n) is 5.81.